The first kappa shape index (κ1) is 13.8. The molecular weight excluding hydrogens is 268 g/mol. The fraction of sp³-hybridized carbons (Fsp3) is 0.450. The van der Waals surface area contributed by atoms with E-state index in [0.717, 1.165) is 11.7 Å². The van der Waals surface area contributed by atoms with Gasteiger partial charge in [-0.05, 0) is 52.5 Å². The third-order valence-electron chi connectivity index (χ3n) is 5.13. The van der Waals surface area contributed by atoms with E-state index < -0.39 is 0 Å². The average molecular weight is 292 g/mol. The Hall–Kier alpha value is -1.83. The average Bonchev–Trinajstić information content (AvgIpc) is 3.14. The lowest BCUT2D eigenvalue weighted by Gasteiger charge is -2.17. The molecule has 1 aromatic carbocycles. The zero-order valence-corrected chi connectivity index (χ0v) is 13.9. The number of imidazole rings is 1. The van der Waals surface area contributed by atoms with Gasteiger partial charge < -0.3 is 4.98 Å². The number of nitrogens with zero attached hydrogens (tertiary/aromatic N) is 1. The Bertz CT molecular complexity index is 749. The first-order chi connectivity index (χ1) is 10.5. The van der Waals surface area contributed by atoms with Gasteiger partial charge in [-0.3, -0.25) is 0 Å². The summed E-state index contributed by atoms with van der Waals surface area (Å²) in [5.74, 6) is 3.56. The second-order valence-electron chi connectivity index (χ2n) is 7.43. The van der Waals surface area contributed by atoms with Gasteiger partial charge in [0.1, 0.15) is 5.82 Å². The predicted octanol–water partition coefficient (Wildman–Crippen LogP) is 5.31. The second-order valence-corrected chi connectivity index (χ2v) is 7.43. The van der Waals surface area contributed by atoms with Crippen molar-refractivity contribution in [3.05, 3.63) is 52.6 Å². The van der Waals surface area contributed by atoms with Crippen molar-refractivity contribution in [2.45, 2.75) is 51.9 Å². The summed E-state index contributed by atoms with van der Waals surface area (Å²) in [6.45, 7) is 8.91. The van der Waals surface area contributed by atoms with Crippen LogP contribution in [0.4, 0.5) is 0 Å². The Balaban J connectivity index is 1.74. The molecule has 0 radical (unpaired) electrons. The van der Waals surface area contributed by atoms with E-state index in [1.54, 1.807) is 5.56 Å². The zero-order valence-electron chi connectivity index (χ0n) is 13.9. The largest absolute Gasteiger partial charge is 0.342 e. The molecule has 0 spiro atoms. The van der Waals surface area contributed by atoms with E-state index in [1.165, 1.54) is 28.8 Å². The van der Waals surface area contributed by atoms with Crippen LogP contribution < -0.4 is 0 Å². The Morgan fingerprint density at radius 3 is 2.59 bits per heavy atom. The standard InChI is InChI=1S/C20H24N2/c1-11(2)13-5-6-14-8-18(17-9-16(17)15(14)7-13)19-10-21-20(22-19)12(3)4/h5-8,10-12,16-17H,9H2,1-4H3,(H,21,22). The Morgan fingerprint density at radius 2 is 1.91 bits per heavy atom. The van der Waals surface area contributed by atoms with E-state index in [4.69, 9.17) is 0 Å². The molecule has 1 N–H and O–H groups in total. The summed E-state index contributed by atoms with van der Waals surface area (Å²) in [6, 6.07) is 7.02. The van der Waals surface area contributed by atoms with Gasteiger partial charge in [-0.1, -0.05) is 45.9 Å². The molecule has 2 nitrogen and oxygen atoms in total. The number of fused-ring (bicyclic) bond motifs is 3. The number of aromatic nitrogens is 2. The highest BCUT2D eigenvalue weighted by Gasteiger charge is 2.45. The SMILES string of the molecule is CC(C)c1ccc2c(c1)C1CC1C(c1cnc(C(C)C)[nH]1)=C2. The molecule has 2 aliphatic carbocycles. The van der Waals surface area contributed by atoms with E-state index in [1.807, 2.05) is 6.20 Å². The van der Waals surface area contributed by atoms with Gasteiger partial charge in [0.05, 0.1) is 11.9 Å². The van der Waals surface area contributed by atoms with Crippen molar-refractivity contribution in [2.24, 2.45) is 5.92 Å². The lowest BCUT2D eigenvalue weighted by atomic mass is 9.88. The van der Waals surface area contributed by atoms with Crippen LogP contribution in [-0.4, -0.2) is 9.97 Å². The molecule has 2 heteroatoms. The number of hydrogen-bond acceptors (Lipinski definition) is 1. The van der Waals surface area contributed by atoms with Crippen LogP contribution in [0.25, 0.3) is 11.6 Å². The molecule has 0 bridgehead atoms. The molecule has 1 saturated carbocycles. The van der Waals surface area contributed by atoms with Crippen LogP contribution in [0, 0.1) is 5.92 Å². The molecule has 2 aromatic rings. The maximum atomic E-state index is 4.54. The normalized spacial score (nSPS) is 22.5. The number of nitrogens with one attached hydrogen (secondary N) is 1. The summed E-state index contributed by atoms with van der Waals surface area (Å²) in [7, 11) is 0. The van der Waals surface area contributed by atoms with Crippen molar-refractivity contribution in [1.29, 1.82) is 0 Å². The Labute approximate surface area is 132 Å². The Kier molecular flexibility index (Phi) is 3.04. The van der Waals surface area contributed by atoms with E-state index >= 15 is 0 Å². The van der Waals surface area contributed by atoms with Gasteiger partial charge in [-0.25, -0.2) is 4.98 Å². The molecule has 114 valence electrons. The fourth-order valence-corrected chi connectivity index (χ4v) is 3.62. The summed E-state index contributed by atoms with van der Waals surface area (Å²) in [4.78, 5) is 8.06. The summed E-state index contributed by atoms with van der Waals surface area (Å²) in [6.07, 6.45) is 5.69. The van der Waals surface area contributed by atoms with Crippen molar-refractivity contribution in [1.82, 2.24) is 9.97 Å². The molecule has 0 aliphatic heterocycles. The van der Waals surface area contributed by atoms with Gasteiger partial charge >= 0.3 is 0 Å². The smallest absolute Gasteiger partial charge is 0.109 e. The Morgan fingerprint density at radius 1 is 1.09 bits per heavy atom. The van der Waals surface area contributed by atoms with Crippen LogP contribution in [0.15, 0.2) is 24.4 Å². The van der Waals surface area contributed by atoms with Crippen molar-refractivity contribution in [2.75, 3.05) is 0 Å². The van der Waals surface area contributed by atoms with Crippen LogP contribution >= 0.6 is 0 Å². The quantitative estimate of drug-likeness (QED) is 0.815. The minimum absolute atomic E-state index is 0.453. The van der Waals surface area contributed by atoms with Gasteiger partial charge in [0.25, 0.3) is 0 Å². The highest BCUT2D eigenvalue weighted by Crippen LogP contribution is 2.59. The third-order valence-corrected chi connectivity index (χ3v) is 5.13. The maximum absolute atomic E-state index is 4.54. The van der Waals surface area contributed by atoms with Crippen LogP contribution in [0.5, 0.6) is 0 Å². The number of aromatic amines is 1. The van der Waals surface area contributed by atoms with Crippen LogP contribution in [0.3, 0.4) is 0 Å². The summed E-state index contributed by atoms with van der Waals surface area (Å²) in [5, 5.41) is 0. The van der Waals surface area contributed by atoms with Gasteiger partial charge in [0, 0.05) is 5.92 Å². The summed E-state index contributed by atoms with van der Waals surface area (Å²) in [5.41, 5.74) is 7.09. The molecule has 2 aliphatic rings. The molecule has 1 fully saturated rings. The van der Waals surface area contributed by atoms with Crippen LogP contribution in [0.2, 0.25) is 0 Å². The van der Waals surface area contributed by atoms with Crippen LogP contribution in [-0.2, 0) is 0 Å². The van der Waals surface area contributed by atoms with Gasteiger partial charge in [-0.2, -0.15) is 0 Å². The number of allylic oxidation sites excluding steroid dienone is 1. The molecular formula is C20H24N2. The lowest BCUT2D eigenvalue weighted by Crippen LogP contribution is -2.01. The number of hydrogen-bond donors (Lipinski definition) is 1. The topological polar surface area (TPSA) is 28.7 Å². The van der Waals surface area contributed by atoms with E-state index in [9.17, 15) is 0 Å². The minimum atomic E-state index is 0.453. The molecule has 0 amide bonds. The lowest BCUT2D eigenvalue weighted by molar-refractivity contribution is 0.792. The highest BCUT2D eigenvalue weighted by atomic mass is 14.9. The summed E-state index contributed by atoms with van der Waals surface area (Å²) >= 11 is 0. The fourth-order valence-electron chi connectivity index (χ4n) is 3.62. The molecule has 2 atom stereocenters. The van der Waals surface area contributed by atoms with E-state index in [-0.39, 0.29) is 0 Å². The van der Waals surface area contributed by atoms with Crippen LogP contribution in [0.1, 0.15) is 80.1 Å². The van der Waals surface area contributed by atoms with E-state index in [2.05, 4.69) is 61.9 Å². The first-order valence-corrected chi connectivity index (χ1v) is 8.45. The van der Waals surface area contributed by atoms with Crippen molar-refractivity contribution >= 4 is 11.6 Å². The molecule has 22 heavy (non-hydrogen) atoms. The van der Waals surface area contributed by atoms with Crippen molar-refractivity contribution in [3.63, 3.8) is 0 Å². The molecule has 1 heterocycles. The van der Waals surface area contributed by atoms with Crippen molar-refractivity contribution in [3.8, 4) is 0 Å². The molecule has 0 saturated heterocycles. The number of benzene rings is 1. The number of H-pyrrole nitrogens is 1. The molecule has 2 unspecified atom stereocenters. The van der Waals surface area contributed by atoms with E-state index in [0.29, 0.717) is 17.8 Å². The maximum Gasteiger partial charge on any atom is 0.109 e. The first-order valence-electron chi connectivity index (χ1n) is 8.45. The van der Waals surface area contributed by atoms with Crippen molar-refractivity contribution < 1.29 is 0 Å². The summed E-state index contributed by atoms with van der Waals surface area (Å²) < 4.78 is 0. The van der Waals surface area contributed by atoms with Gasteiger partial charge in [0.15, 0.2) is 0 Å². The highest BCUT2D eigenvalue weighted by molar-refractivity contribution is 5.87. The monoisotopic (exact) mass is 292 g/mol. The zero-order chi connectivity index (χ0) is 15.4. The van der Waals surface area contributed by atoms with Gasteiger partial charge in [0.2, 0.25) is 0 Å². The van der Waals surface area contributed by atoms with Gasteiger partial charge in [-0.15, -0.1) is 0 Å². The third kappa shape index (κ3) is 2.13. The molecule has 4 rings (SSSR count). The minimum Gasteiger partial charge on any atom is -0.342 e. The number of rotatable bonds is 3. The second kappa shape index (κ2) is 4.84. The molecule has 1 aromatic heterocycles. The predicted molar refractivity (Wildman–Crippen MR) is 91.9 cm³/mol.